The van der Waals surface area contributed by atoms with Crippen LogP contribution in [-0.4, -0.2) is 28.8 Å². The molecule has 1 aromatic heterocycles. The molecule has 1 fully saturated rings. The minimum absolute atomic E-state index is 0.0956. The number of para-hydroxylation sites is 1. The summed E-state index contributed by atoms with van der Waals surface area (Å²) in [7, 11) is 0. The number of carbonyl (C=O) groups is 1. The Hall–Kier alpha value is -2.21. The number of carbonyl (C=O) groups excluding carboxylic acids is 1. The van der Waals surface area contributed by atoms with E-state index in [9.17, 15) is 4.79 Å². The van der Waals surface area contributed by atoms with Crippen molar-refractivity contribution in [3.8, 4) is 0 Å². The van der Waals surface area contributed by atoms with Gasteiger partial charge in [-0.1, -0.05) is 37.2 Å². The van der Waals surface area contributed by atoms with Crippen LogP contribution in [0, 0.1) is 5.92 Å². The number of nitrogens with zero attached hydrogens (tertiary/aromatic N) is 2. The van der Waals surface area contributed by atoms with Crippen LogP contribution in [-0.2, 0) is 16.0 Å². The summed E-state index contributed by atoms with van der Waals surface area (Å²) in [5.41, 5.74) is 0.755. The van der Waals surface area contributed by atoms with E-state index in [-0.39, 0.29) is 24.3 Å². The number of amides is 1. The number of ether oxygens (including phenoxy) is 1. The molecule has 23 heavy (non-hydrogen) atoms. The summed E-state index contributed by atoms with van der Waals surface area (Å²) < 4.78 is 11.1. The Morgan fingerprint density at radius 1 is 1.35 bits per heavy atom. The topological polar surface area (TPSA) is 77.2 Å². The molecule has 1 N–H and O–H groups in total. The highest BCUT2D eigenvalue weighted by Crippen LogP contribution is 2.34. The van der Waals surface area contributed by atoms with Crippen LogP contribution < -0.4 is 5.32 Å². The fraction of sp³-hybridized carbons (Fsp3) is 0.471. The van der Waals surface area contributed by atoms with Crippen LogP contribution in [0.1, 0.15) is 37.9 Å². The third-order valence-electron chi connectivity index (χ3n) is 3.97. The summed E-state index contributed by atoms with van der Waals surface area (Å²) in [6.07, 6.45) is 1.07. The molecule has 0 radical (unpaired) electrons. The largest absolute Gasteiger partial charge is 0.377 e. The van der Waals surface area contributed by atoms with Crippen molar-refractivity contribution in [1.82, 2.24) is 10.1 Å². The fourth-order valence-electron chi connectivity index (χ4n) is 2.89. The first-order valence-electron chi connectivity index (χ1n) is 7.92. The van der Waals surface area contributed by atoms with Crippen molar-refractivity contribution in [2.75, 3.05) is 11.9 Å². The van der Waals surface area contributed by atoms with E-state index in [4.69, 9.17) is 9.26 Å². The van der Waals surface area contributed by atoms with Gasteiger partial charge in [-0.2, -0.15) is 4.98 Å². The van der Waals surface area contributed by atoms with Crippen LogP contribution in [0.5, 0.6) is 0 Å². The molecule has 122 valence electrons. The van der Waals surface area contributed by atoms with Gasteiger partial charge in [-0.05, 0) is 24.5 Å². The number of rotatable bonds is 5. The molecule has 2 heterocycles. The average Bonchev–Trinajstić information content (AvgIpc) is 3.16. The number of anilines is 1. The Balaban J connectivity index is 1.62. The third-order valence-corrected chi connectivity index (χ3v) is 3.97. The second kappa shape index (κ2) is 6.91. The molecule has 3 rings (SSSR count). The summed E-state index contributed by atoms with van der Waals surface area (Å²) in [5, 5.41) is 6.74. The van der Waals surface area contributed by atoms with Gasteiger partial charge in [0.1, 0.15) is 0 Å². The SMILES string of the molecule is CC(C)[C@H]1OCC[C@@H]1c1nc(CC(=O)Nc2ccccc2)no1. The Kier molecular flexibility index (Phi) is 4.71. The van der Waals surface area contributed by atoms with E-state index >= 15 is 0 Å². The first-order chi connectivity index (χ1) is 11.1. The van der Waals surface area contributed by atoms with Crippen LogP contribution >= 0.6 is 0 Å². The minimum Gasteiger partial charge on any atom is -0.377 e. The summed E-state index contributed by atoms with van der Waals surface area (Å²) in [6, 6.07) is 9.31. The van der Waals surface area contributed by atoms with Crippen LogP contribution in [0.15, 0.2) is 34.9 Å². The average molecular weight is 315 g/mol. The third kappa shape index (κ3) is 3.76. The quantitative estimate of drug-likeness (QED) is 0.918. The van der Waals surface area contributed by atoms with Crippen LogP contribution in [0.3, 0.4) is 0 Å². The minimum atomic E-state index is -0.161. The molecule has 2 atom stereocenters. The van der Waals surface area contributed by atoms with Crippen molar-refractivity contribution in [3.63, 3.8) is 0 Å². The molecule has 0 bridgehead atoms. The zero-order chi connectivity index (χ0) is 16.2. The van der Waals surface area contributed by atoms with Crippen molar-refractivity contribution in [3.05, 3.63) is 42.0 Å². The highest BCUT2D eigenvalue weighted by Gasteiger charge is 2.35. The van der Waals surface area contributed by atoms with E-state index < -0.39 is 0 Å². The van der Waals surface area contributed by atoms with Gasteiger partial charge in [-0.15, -0.1) is 0 Å². The number of hydrogen-bond acceptors (Lipinski definition) is 5. The second-order valence-corrected chi connectivity index (χ2v) is 6.11. The maximum absolute atomic E-state index is 12.0. The molecule has 0 unspecified atom stereocenters. The van der Waals surface area contributed by atoms with Crippen LogP contribution in [0.4, 0.5) is 5.69 Å². The van der Waals surface area contributed by atoms with Gasteiger partial charge in [0, 0.05) is 12.3 Å². The predicted octanol–water partition coefficient (Wildman–Crippen LogP) is 2.78. The molecule has 0 aliphatic carbocycles. The Morgan fingerprint density at radius 3 is 2.87 bits per heavy atom. The maximum atomic E-state index is 12.0. The highest BCUT2D eigenvalue weighted by atomic mass is 16.5. The Bertz CT molecular complexity index is 654. The van der Waals surface area contributed by atoms with Gasteiger partial charge in [-0.3, -0.25) is 4.79 Å². The summed E-state index contributed by atoms with van der Waals surface area (Å²) >= 11 is 0. The van der Waals surface area contributed by atoms with E-state index in [0.717, 1.165) is 12.1 Å². The predicted molar refractivity (Wildman–Crippen MR) is 85.0 cm³/mol. The van der Waals surface area contributed by atoms with Gasteiger partial charge in [0.25, 0.3) is 0 Å². The van der Waals surface area contributed by atoms with Gasteiger partial charge in [0.05, 0.1) is 18.4 Å². The lowest BCUT2D eigenvalue weighted by Crippen LogP contribution is -2.21. The molecule has 1 aliphatic heterocycles. The lowest BCUT2D eigenvalue weighted by molar-refractivity contribution is -0.115. The van der Waals surface area contributed by atoms with Crippen molar-refractivity contribution in [1.29, 1.82) is 0 Å². The van der Waals surface area contributed by atoms with Crippen LogP contribution in [0.25, 0.3) is 0 Å². The zero-order valence-electron chi connectivity index (χ0n) is 13.4. The molecular formula is C17H21N3O3. The van der Waals surface area contributed by atoms with Crippen molar-refractivity contribution < 1.29 is 14.1 Å². The van der Waals surface area contributed by atoms with Crippen LogP contribution in [0.2, 0.25) is 0 Å². The lowest BCUT2D eigenvalue weighted by atomic mass is 9.93. The fourth-order valence-corrected chi connectivity index (χ4v) is 2.89. The normalized spacial score (nSPS) is 20.8. The van der Waals surface area contributed by atoms with Crippen molar-refractivity contribution in [2.45, 2.75) is 38.7 Å². The van der Waals surface area contributed by atoms with Gasteiger partial charge in [-0.25, -0.2) is 0 Å². The molecule has 2 aromatic rings. The number of benzene rings is 1. The summed E-state index contributed by atoms with van der Waals surface area (Å²) in [6.45, 7) is 4.95. The Labute approximate surface area is 135 Å². The second-order valence-electron chi connectivity index (χ2n) is 6.11. The van der Waals surface area contributed by atoms with Crippen molar-refractivity contribution >= 4 is 11.6 Å². The summed E-state index contributed by atoms with van der Waals surface area (Å²) in [5.74, 6) is 1.32. The first-order valence-corrected chi connectivity index (χ1v) is 7.92. The van der Waals surface area contributed by atoms with E-state index in [0.29, 0.717) is 24.2 Å². The molecule has 1 saturated heterocycles. The molecular weight excluding hydrogens is 294 g/mol. The monoisotopic (exact) mass is 315 g/mol. The highest BCUT2D eigenvalue weighted by molar-refractivity contribution is 5.91. The van der Waals surface area contributed by atoms with Crippen molar-refractivity contribution in [2.24, 2.45) is 5.92 Å². The van der Waals surface area contributed by atoms with Gasteiger partial charge >= 0.3 is 0 Å². The Morgan fingerprint density at radius 2 is 2.13 bits per heavy atom. The van der Waals surface area contributed by atoms with E-state index in [1.165, 1.54) is 0 Å². The number of hydrogen-bond donors (Lipinski definition) is 1. The maximum Gasteiger partial charge on any atom is 0.232 e. The molecule has 6 nitrogen and oxygen atoms in total. The standard InChI is InChI=1S/C17H21N3O3/c1-11(2)16-13(8-9-22-16)17-19-14(20-23-17)10-15(21)18-12-6-4-3-5-7-12/h3-7,11,13,16H,8-10H2,1-2H3,(H,18,21)/t13-,16+/m0/s1. The van der Waals surface area contributed by atoms with E-state index in [1.54, 1.807) is 0 Å². The molecule has 6 heteroatoms. The molecule has 1 amide bonds. The first kappa shape index (κ1) is 15.7. The number of aromatic nitrogens is 2. The lowest BCUT2D eigenvalue weighted by Gasteiger charge is -2.18. The van der Waals surface area contributed by atoms with E-state index in [1.807, 2.05) is 30.3 Å². The smallest absolute Gasteiger partial charge is 0.232 e. The van der Waals surface area contributed by atoms with Gasteiger partial charge in [0.2, 0.25) is 11.8 Å². The molecule has 1 aliphatic rings. The number of nitrogens with one attached hydrogen (secondary N) is 1. The zero-order valence-corrected chi connectivity index (χ0v) is 13.4. The molecule has 0 saturated carbocycles. The van der Waals surface area contributed by atoms with Gasteiger partial charge in [0.15, 0.2) is 5.82 Å². The van der Waals surface area contributed by atoms with E-state index in [2.05, 4.69) is 29.3 Å². The molecule has 0 spiro atoms. The van der Waals surface area contributed by atoms with Gasteiger partial charge < -0.3 is 14.6 Å². The summed E-state index contributed by atoms with van der Waals surface area (Å²) in [4.78, 5) is 16.4. The molecule has 1 aromatic carbocycles.